The van der Waals surface area contributed by atoms with Gasteiger partial charge in [0.05, 0.1) is 12.6 Å². The molecule has 2 rings (SSSR count). The molecule has 1 heterocycles. The van der Waals surface area contributed by atoms with Gasteiger partial charge < -0.3 is 15.4 Å². The number of carbonyl (C=O) groups excluding carboxylic acids is 1. The van der Waals surface area contributed by atoms with E-state index in [-0.39, 0.29) is 12.1 Å². The van der Waals surface area contributed by atoms with Crippen LogP contribution in [0.15, 0.2) is 0 Å². The molecule has 0 bridgehead atoms. The van der Waals surface area contributed by atoms with Gasteiger partial charge in [0.25, 0.3) is 0 Å². The summed E-state index contributed by atoms with van der Waals surface area (Å²) < 4.78 is 5.19. The SMILES string of the molecule is CC(CNC(=O)NC1CCOC1)C1CC1. The molecule has 0 aromatic heterocycles. The molecule has 2 N–H and O–H groups in total. The molecule has 0 spiro atoms. The minimum absolute atomic E-state index is 0.0435. The van der Waals surface area contributed by atoms with E-state index in [1.807, 2.05) is 0 Å². The lowest BCUT2D eigenvalue weighted by molar-refractivity contribution is 0.188. The summed E-state index contributed by atoms with van der Waals surface area (Å²) in [5, 5.41) is 5.84. The fourth-order valence-electron chi connectivity index (χ4n) is 1.97. The van der Waals surface area contributed by atoms with Crippen molar-refractivity contribution in [1.29, 1.82) is 0 Å². The lowest BCUT2D eigenvalue weighted by Crippen LogP contribution is -2.43. The van der Waals surface area contributed by atoms with Crippen LogP contribution in [-0.4, -0.2) is 31.8 Å². The van der Waals surface area contributed by atoms with Gasteiger partial charge in [0.2, 0.25) is 0 Å². The molecule has 15 heavy (non-hydrogen) atoms. The Kier molecular flexibility index (Phi) is 3.46. The standard InChI is InChI=1S/C11H20N2O2/c1-8(9-2-3-9)6-12-11(14)13-10-4-5-15-7-10/h8-10H,2-7H2,1H3,(H2,12,13,14). The second-order valence-electron chi connectivity index (χ2n) is 4.73. The van der Waals surface area contributed by atoms with Crippen LogP contribution < -0.4 is 10.6 Å². The van der Waals surface area contributed by atoms with Gasteiger partial charge in [0, 0.05) is 13.2 Å². The third-order valence-corrected chi connectivity index (χ3v) is 3.28. The van der Waals surface area contributed by atoms with Crippen molar-refractivity contribution in [2.45, 2.75) is 32.2 Å². The van der Waals surface area contributed by atoms with Gasteiger partial charge in [-0.2, -0.15) is 0 Å². The first-order chi connectivity index (χ1) is 7.25. The van der Waals surface area contributed by atoms with Crippen molar-refractivity contribution in [2.75, 3.05) is 19.8 Å². The normalized spacial score (nSPS) is 27.4. The number of carbonyl (C=O) groups is 1. The number of hydrogen-bond donors (Lipinski definition) is 2. The fourth-order valence-corrected chi connectivity index (χ4v) is 1.97. The minimum Gasteiger partial charge on any atom is -0.379 e. The van der Waals surface area contributed by atoms with Gasteiger partial charge in [-0.05, 0) is 31.1 Å². The van der Waals surface area contributed by atoms with Crippen LogP contribution in [-0.2, 0) is 4.74 Å². The van der Waals surface area contributed by atoms with Crippen molar-refractivity contribution < 1.29 is 9.53 Å². The van der Waals surface area contributed by atoms with Crippen molar-refractivity contribution in [3.8, 4) is 0 Å². The molecular weight excluding hydrogens is 192 g/mol. The quantitative estimate of drug-likeness (QED) is 0.733. The smallest absolute Gasteiger partial charge is 0.315 e. The second-order valence-corrected chi connectivity index (χ2v) is 4.73. The van der Waals surface area contributed by atoms with Crippen molar-refractivity contribution in [1.82, 2.24) is 10.6 Å². The summed E-state index contributed by atoms with van der Waals surface area (Å²) in [5.41, 5.74) is 0. The monoisotopic (exact) mass is 212 g/mol. The fraction of sp³-hybridized carbons (Fsp3) is 0.909. The van der Waals surface area contributed by atoms with Crippen LogP contribution in [0.25, 0.3) is 0 Å². The molecular formula is C11H20N2O2. The van der Waals surface area contributed by atoms with Gasteiger partial charge >= 0.3 is 6.03 Å². The minimum atomic E-state index is -0.0435. The lowest BCUT2D eigenvalue weighted by Gasteiger charge is -2.14. The Bertz CT molecular complexity index is 223. The Morgan fingerprint density at radius 2 is 2.27 bits per heavy atom. The molecule has 2 unspecified atom stereocenters. The van der Waals surface area contributed by atoms with E-state index in [0.29, 0.717) is 12.5 Å². The highest BCUT2D eigenvalue weighted by Crippen LogP contribution is 2.35. The van der Waals surface area contributed by atoms with Gasteiger partial charge in [-0.15, -0.1) is 0 Å². The molecule has 0 aromatic rings. The van der Waals surface area contributed by atoms with E-state index >= 15 is 0 Å². The second kappa shape index (κ2) is 4.84. The van der Waals surface area contributed by atoms with Crippen LogP contribution in [0.1, 0.15) is 26.2 Å². The van der Waals surface area contributed by atoms with Crippen LogP contribution in [0.3, 0.4) is 0 Å². The summed E-state index contributed by atoms with van der Waals surface area (Å²) in [4.78, 5) is 11.5. The Labute approximate surface area is 90.8 Å². The first kappa shape index (κ1) is 10.7. The van der Waals surface area contributed by atoms with E-state index in [2.05, 4.69) is 17.6 Å². The van der Waals surface area contributed by atoms with E-state index in [4.69, 9.17) is 4.74 Å². The van der Waals surface area contributed by atoms with Gasteiger partial charge in [-0.3, -0.25) is 0 Å². The predicted octanol–water partition coefficient (Wildman–Crippen LogP) is 1.12. The molecule has 2 aliphatic rings. The molecule has 1 saturated carbocycles. The first-order valence-corrected chi connectivity index (χ1v) is 5.88. The van der Waals surface area contributed by atoms with Crippen LogP contribution in [0.2, 0.25) is 0 Å². The molecule has 2 atom stereocenters. The van der Waals surface area contributed by atoms with E-state index in [9.17, 15) is 4.79 Å². The maximum Gasteiger partial charge on any atom is 0.315 e. The summed E-state index contributed by atoms with van der Waals surface area (Å²) in [6.07, 6.45) is 3.60. The number of amides is 2. The zero-order valence-corrected chi connectivity index (χ0v) is 9.29. The van der Waals surface area contributed by atoms with Crippen molar-refractivity contribution in [3.63, 3.8) is 0 Å². The summed E-state index contributed by atoms with van der Waals surface area (Å²) in [6, 6.07) is 0.166. The van der Waals surface area contributed by atoms with Gasteiger partial charge in [0.15, 0.2) is 0 Å². The molecule has 2 fully saturated rings. The van der Waals surface area contributed by atoms with E-state index in [1.54, 1.807) is 0 Å². The van der Waals surface area contributed by atoms with E-state index < -0.39 is 0 Å². The van der Waals surface area contributed by atoms with Gasteiger partial charge in [0.1, 0.15) is 0 Å². The molecule has 4 heteroatoms. The molecule has 4 nitrogen and oxygen atoms in total. The highest BCUT2D eigenvalue weighted by molar-refractivity contribution is 5.74. The number of nitrogens with one attached hydrogen (secondary N) is 2. The average molecular weight is 212 g/mol. The Hall–Kier alpha value is -0.770. The summed E-state index contributed by atoms with van der Waals surface area (Å²) in [5.74, 6) is 1.47. The maximum absolute atomic E-state index is 11.5. The van der Waals surface area contributed by atoms with Crippen LogP contribution in [0.4, 0.5) is 4.79 Å². The summed E-state index contributed by atoms with van der Waals surface area (Å²) >= 11 is 0. The number of hydrogen-bond acceptors (Lipinski definition) is 2. The van der Waals surface area contributed by atoms with Crippen molar-refractivity contribution >= 4 is 6.03 Å². The molecule has 1 aliphatic heterocycles. The predicted molar refractivity (Wildman–Crippen MR) is 57.6 cm³/mol. The van der Waals surface area contributed by atoms with Gasteiger partial charge in [-0.1, -0.05) is 6.92 Å². The highest BCUT2D eigenvalue weighted by Gasteiger charge is 2.28. The van der Waals surface area contributed by atoms with E-state index in [1.165, 1.54) is 12.8 Å². The van der Waals surface area contributed by atoms with Crippen LogP contribution in [0, 0.1) is 11.8 Å². The Morgan fingerprint density at radius 1 is 1.47 bits per heavy atom. The highest BCUT2D eigenvalue weighted by atomic mass is 16.5. The van der Waals surface area contributed by atoms with Crippen LogP contribution in [0.5, 0.6) is 0 Å². The first-order valence-electron chi connectivity index (χ1n) is 5.88. The summed E-state index contributed by atoms with van der Waals surface area (Å²) in [6.45, 7) is 4.43. The molecule has 0 radical (unpaired) electrons. The van der Waals surface area contributed by atoms with Crippen molar-refractivity contribution in [3.05, 3.63) is 0 Å². The van der Waals surface area contributed by atoms with Gasteiger partial charge in [-0.25, -0.2) is 4.79 Å². The van der Waals surface area contributed by atoms with Crippen LogP contribution >= 0.6 is 0 Å². The third-order valence-electron chi connectivity index (χ3n) is 3.28. The number of ether oxygens (including phenoxy) is 1. The maximum atomic E-state index is 11.5. The average Bonchev–Trinajstić information content (AvgIpc) is 2.95. The number of rotatable bonds is 4. The molecule has 1 saturated heterocycles. The summed E-state index contributed by atoms with van der Waals surface area (Å²) in [7, 11) is 0. The Morgan fingerprint density at radius 3 is 2.87 bits per heavy atom. The topological polar surface area (TPSA) is 50.4 Å². The zero-order valence-electron chi connectivity index (χ0n) is 9.29. The van der Waals surface area contributed by atoms with Crippen molar-refractivity contribution in [2.24, 2.45) is 11.8 Å². The molecule has 86 valence electrons. The Balaban J connectivity index is 1.59. The molecule has 0 aromatic carbocycles. The molecule has 1 aliphatic carbocycles. The third kappa shape index (κ3) is 3.38. The zero-order chi connectivity index (χ0) is 10.7. The number of urea groups is 1. The van der Waals surface area contributed by atoms with E-state index in [0.717, 1.165) is 25.5 Å². The largest absolute Gasteiger partial charge is 0.379 e. The lowest BCUT2D eigenvalue weighted by atomic mass is 10.1. The molecule has 2 amide bonds.